The van der Waals surface area contributed by atoms with Crippen LogP contribution in [0.1, 0.15) is 30.0 Å². The predicted molar refractivity (Wildman–Crippen MR) is 75.2 cm³/mol. The molecular weight excluding hydrogens is 264 g/mol. The fourth-order valence-electron chi connectivity index (χ4n) is 2.20. The summed E-state index contributed by atoms with van der Waals surface area (Å²) in [5.41, 5.74) is 2.48. The Labute approximate surface area is 119 Å². The van der Waals surface area contributed by atoms with E-state index >= 15 is 0 Å². The summed E-state index contributed by atoms with van der Waals surface area (Å²) in [6.45, 7) is 3.99. The molecule has 1 atom stereocenters. The van der Waals surface area contributed by atoms with Crippen LogP contribution in [-0.2, 0) is 6.54 Å². The molecule has 0 saturated carbocycles. The zero-order valence-corrected chi connectivity index (χ0v) is 12.5. The van der Waals surface area contributed by atoms with Gasteiger partial charge in [0, 0.05) is 13.1 Å². The highest BCUT2D eigenvalue weighted by molar-refractivity contribution is 5.43. The van der Waals surface area contributed by atoms with Gasteiger partial charge in [-0.1, -0.05) is 12.1 Å². The summed E-state index contributed by atoms with van der Waals surface area (Å²) in [6.07, 6.45) is 0.392. The number of benzene rings is 1. The SMILES string of the molecule is Cc1cc(CN(C)CCC(C)O)cc(C)c1OC(F)F. The number of alkyl halides is 2. The Morgan fingerprint density at radius 1 is 1.25 bits per heavy atom. The van der Waals surface area contributed by atoms with E-state index in [2.05, 4.69) is 9.64 Å². The lowest BCUT2D eigenvalue weighted by atomic mass is 10.1. The summed E-state index contributed by atoms with van der Waals surface area (Å²) in [4.78, 5) is 2.09. The van der Waals surface area contributed by atoms with E-state index in [4.69, 9.17) is 0 Å². The molecule has 0 amide bonds. The van der Waals surface area contributed by atoms with E-state index in [0.717, 1.165) is 12.1 Å². The molecule has 20 heavy (non-hydrogen) atoms. The fraction of sp³-hybridized carbons (Fsp3) is 0.600. The second-order valence-corrected chi connectivity index (χ2v) is 5.31. The summed E-state index contributed by atoms with van der Waals surface area (Å²) in [5.74, 6) is 0.260. The molecule has 0 aromatic heterocycles. The molecule has 0 aliphatic rings. The lowest BCUT2D eigenvalue weighted by Gasteiger charge is -2.19. The molecule has 0 fully saturated rings. The van der Waals surface area contributed by atoms with Crippen molar-refractivity contribution in [2.45, 2.75) is 46.5 Å². The van der Waals surface area contributed by atoms with E-state index in [-0.39, 0.29) is 11.9 Å². The fourth-order valence-corrected chi connectivity index (χ4v) is 2.20. The first-order valence-electron chi connectivity index (χ1n) is 6.71. The average molecular weight is 287 g/mol. The molecule has 1 aromatic carbocycles. The summed E-state index contributed by atoms with van der Waals surface area (Å²) >= 11 is 0. The van der Waals surface area contributed by atoms with Crippen LogP contribution in [0.2, 0.25) is 0 Å². The predicted octanol–water partition coefficient (Wildman–Crippen LogP) is 3.11. The van der Waals surface area contributed by atoms with Gasteiger partial charge in [0.25, 0.3) is 0 Å². The van der Waals surface area contributed by atoms with E-state index in [0.29, 0.717) is 24.1 Å². The third-order valence-corrected chi connectivity index (χ3v) is 3.11. The summed E-state index contributed by atoms with van der Waals surface area (Å²) in [6, 6.07) is 3.73. The molecular formula is C15H23F2NO2. The normalized spacial score (nSPS) is 13.1. The summed E-state index contributed by atoms with van der Waals surface area (Å²) < 4.78 is 29.2. The number of aryl methyl sites for hydroxylation is 2. The van der Waals surface area contributed by atoms with Gasteiger partial charge in [0.05, 0.1) is 6.10 Å². The highest BCUT2D eigenvalue weighted by atomic mass is 19.3. The van der Waals surface area contributed by atoms with Crippen LogP contribution in [0, 0.1) is 13.8 Å². The van der Waals surface area contributed by atoms with Gasteiger partial charge < -0.3 is 14.7 Å². The minimum atomic E-state index is -2.80. The molecule has 1 unspecified atom stereocenters. The molecule has 0 bridgehead atoms. The molecule has 0 radical (unpaired) electrons. The zero-order valence-electron chi connectivity index (χ0n) is 12.5. The van der Waals surface area contributed by atoms with Gasteiger partial charge in [-0.2, -0.15) is 8.78 Å². The van der Waals surface area contributed by atoms with Gasteiger partial charge in [-0.25, -0.2) is 0 Å². The second kappa shape index (κ2) is 7.55. The number of aliphatic hydroxyl groups excluding tert-OH is 1. The number of nitrogens with zero attached hydrogens (tertiary/aromatic N) is 1. The summed E-state index contributed by atoms with van der Waals surface area (Å²) in [7, 11) is 1.97. The van der Waals surface area contributed by atoms with Crippen LogP contribution in [0.5, 0.6) is 5.75 Å². The lowest BCUT2D eigenvalue weighted by molar-refractivity contribution is -0.0507. The van der Waals surface area contributed by atoms with Crippen molar-refractivity contribution in [2.24, 2.45) is 0 Å². The van der Waals surface area contributed by atoms with Crippen LogP contribution in [0.15, 0.2) is 12.1 Å². The molecule has 0 aliphatic carbocycles. The number of hydrogen-bond acceptors (Lipinski definition) is 3. The molecule has 1 aromatic rings. The van der Waals surface area contributed by atoms with Gasteiger partial charge in [-0.05, 0) is 50.9 Å². The Morgan fingerprint density at radius 3 is 2.25 bits per heavy atom. The maximum Gasteiger partial charge on any atom is 0.387 e. The number of aliphatic hydroxyl groups is 1. The molecule has 5 heteroatoms. The van der Waals surface area contributed by atoms with Crippen molar-refractivity contribution in [3.63, 3.8) is 0 Å². The molecule has 0 spiro atoms. The first kappa shape index (κ1) is 16.9. The zero-order chi connectivity index (χ0) is 15.3. The molecule has 3 nitrogen and oxygen atoms in total. The van der Waals surface area contributed by atoms with Crippen LogP contribution in [0.4, 0.5) is 8.78 Å². The topological polar surface area (TPSA) is 32.7 Å². The highest BCUT2D eigenvalue weighted by Gasteiger charge is 2.12. The second-order valence-electron chi connectivity index (χ2n) is 5.31. The first-order valence-corrected chi connectivity index (χ1v) is 6.71. The Bertz CT molecular complexity index is 413. The van der Waals surface area contributed by atoms with Crippen molar-refractivity contribution >= 4 is 0 Å². The third kappa shape index (κ3) is 5.43. The monoisotopic (exact) mass is 287 g/mol. The van der Waals surface area contributed by atoms with Gasteiger partial charge in [-0.3, -0.25) is 0 Å². The van der Waals surface area contributed by atoms with Gasteiger partial charge in [0.15, 0.2) is 0 Å². The molecule has 114 valence electrons. The van der Waals surface area contributed by atoms with Gasteiger partial charge >= 0.3 is 6.61 Å². The first-order chi connectivity index (χ1) is 9.29. The standard InChI is InChI=1S/C15H23F2NO2/c1-10-7-13(9-18(4)6-5-12(3)19)8-11(2)14(10)20-15(16)17/h7-8,12,15,19H,5-6,9H2,1-4H3. The van der Waals surface area contributed by atoms with E-state index in [1.165, 1.54) is 0 Å². The van der Waals surface area contributed by atoms with Gasteiger partial charge in [-0.15, -0.1) is 0 Å². The average Bonchev–Trinajstić information content (AvgIpc) is 2.31. The van der Waals surface area contributed by atoms with Gasteiger partial charge in [0.1, 0.15) is 5.75 Å². The van der Waals surface area contributed by atoms with Crippen LogP contribution >= 0.6 is 0 Å². The van der Waals surface area contributed by atoms with Crippen molar-refractivity contribution in [1.82, 2.24) is 4.90 Å². The van der Waals surface area contributed by atoms with Crippen LogP contribution in [-0.4, -0.2) is 36.3 Å². The van der Waals surface area contributed by atoms with E-state index in [9.17, 15) is 13.9 Å². The van der Waals surface area contributed by atoms with E-state index in [1.54, 1.807) is 20.8 Å². The number of ether oxygens (including phenoxy) is 1. The quantitative estimate of drug-likeness (QED) is 0.836. The third-order valence-electron chi connectivity index (χ3n) is 3.11. The van der Waals surface area contributed by atoms with E-state index in [1.807, 2.05) is 19.2 Å². The number of rotatable bonds is 7. The minimum absolute atomic E-state index is 0.260. The van der Waals surface area contributed by atoms with Gasteiger partial charge in [0.2, 0.25) is 0 Å². The Morgan fingerprint density at radius 2 is 1.80 bits per heavy atom. The van der Waals surface area contributed by atoms with Crippen LogP contribution in [0.3, 0.4) is 0 Å². The van der Waals surface area contributed by atoms with Crippen molar-refractivity contribution in [3.8, 4) is 5.75 Å². The molecule has 1 N–H and O–H groups in total. The summed E-state index contributed by atoms with van der Waals surface area (Å²) in [5, 5.41) is 9.26. The molecule has 0 heterocycles. The molecule has 0 aliphatic heterocycles. The minimum Gasteiger partial charge on any atom is -0.434 e. The number of halogens is 2. The van der Waals surface area contributed by atoms with Crippen molar-refractivity contribution in [2.75, 3.05) is 13.6 Å². The molecule has 0 saturated heterocycles. The maximum absolute atomic E-state index is 12.3. The van der Waals surface area contributed by atoms with Crippen LogP contribution < -0.4 is 4.74 Å². The van der Waals surface area contributed by atoms with Crippen molar-refractivity contribution < 1.29 is 18.6 Å². The Hall–Kier alpha value is -1.20. The number of hydrogen-bond donors (Lipinski definition) is 1. The highest BCUT2D eigenvalue weighted by Crippen LogP contribution is 2.26. The van der Waals surface area contributed by atoms with Crippen molar-refractivity contribution in [1.29, 1.82) is 0 Å². The van der Waals surface area contributed by atoms with E-state index < -0.39 is 6.61 Å². The van der Waals surface area contributed by atoms with Crippen molar-refractivity contribution in [3.05, 3.63) is 28.8 Å². The lowest BCUT2D eigenvalue weighted by Crippen LogP contribution is -2.22. The molecule has 1 rings (SSSR count). The maximum atomic E-state index is 12.3. The van der Waals surface area contributed by atoms with Crippen LogP contribution in [0.25, 0.3) is 0 Å². The Balaban J connectivity index is 2.73. The smallest absolute Gasteiger partial charge is 0.387 e. The largest absolute Gasteiger partial charge is 0.434 e. The Kier molecular flexibility index (Phi) is 6.36.